The Bertz CT molecular complexity index is 678. The molecule has 0 spiro atoms. The molecule has 0 saturated carbocycles. The maximum absolute atomic E-state index is 11.7. The van der Waals surface area contributed by atoms with Gasteiger partial charge < -0.3 is 5.32 Å². The van der Waals surface area contributed by atoms with Crippen molar-refractivity contribution in [1.29, 1.82) is 0 Å². The zero-order chi connectivity index (χ0) is 14.6. The lowest BCUT2D eigenvalue weighted by Gasteiger charge is -2.19. The summed E-state index contributed by atoms with van der Waals surface area (Å²) in [6.07, 6.45) is 5.79. The second-order valence-corrected chi connectivity index (χ2v) is 7.23. The summed E-state index contributed by atoms with van der Waals surface area (Å²) in [5, 5.41) is 5.40. The van der Waals surface area contributed by atoms with Gasteiger partial charge in [0.25, 0.3) is 0 Å². The van der Waals surface area contributed by atoms with Crippen molar-refractivity contribution in [2.24, 2.45) is 0 Å². The third-order valence-electron chi connectivity index (χ3n) is 3.18. The topological polar surface area (TPSA) is 59.1 Å². The molecule has 0 aliphatic rings. The quantitative estimate of drug-likeness (QED) is 0.887. The molecule has 1 heterocycles. The highest BCUT2D eigenvalue weighted by Gasteiger charge is 2.19. The van der Waals surface area contributed by atoms with E-state index in [0.29, 0.717) is 0 Å². The van der Waals surface area contributed by atoms with Crippen LogP contribution in [0.25, 0.3) is 10.8 Å². The van der Waals surface area contributed by atoms with Crippen molar-refractivity contribution in [3.8, 4) is 0 Å². The first-order valence-electron chi connectivity index (χ1n) is 6.75. The molecule has 2 aromatic rings. The van der Waals surface area contributed by atoms with Crippen LogP contribution in [0.4, 0.5) is 0 Å². The molecule has 1 N–H and O–H groups in total. The van der Waals surface area contributed by atoms with E-state index in [1.54, 1.807) is 12.4 Å². The van der Waals surface area contributed by atoms with Gasteiger partial charge in [-0.05, 0) is 23.9 Å². The maximum atomic E-state index is 11.7. The molecule has 1 unspecified atom stereocenters. The Kier molecular flexibility index (Phi) is 4.73. The fourth-order valence-electron chi connectivity index (χ4n) is 2.30. The standard InChI is InChI=1S/C15H20N2O2S/c1-3-8-17-15(11-20(2,18)19)14-10-16-9-12-6-4-5-7-13(12)14/h4-7,9-10,15,17H,3,8,11H2,1-2H3. The van der Waals surface area contributed by atoms with E-state index in [9.17, 15) is 8.42 Å². The van der Waals surface area contributed by atoms with Gasteiger partial charge in [-0.25, -0.2) is 8.42 Å². The summed E-state index contributed by atoms with van der Waals surface area (Å²) in [4.78, 5) is 4.24. The fraction of sp³-hybridized carbons (Fsp3) is 0.400. The number of nitrogens with one attached hydrogen (secondary N) is 1. The molecule has 108 valence electrons. The maximum Gasteiger partial charge on any atom is 0.149 e. The molecule has 0 aliphatic heterocycles. The third-order valence-corrected chi connectivity index (χ3v) is 4.12. The minimum atomic E-state index is -3.06. The number of nitrogens with zero attached hydrogens (tertiary/aromatic N) is 1. The van der Waals surface area contributed by atoms with E-state index >= 15 is 0 Å². The molecule has 0 fully saturated rings. The van der Waals surface area contributed by atoms with Crippen LogP contribution in [0, 0.1) is 0 Å². The molecular weight excluding hydrogens is 272 g/mol. The van der Waals surface area contributed by atoms with Crippen LogP contribution in [-0.2, 0) is 9.84 Å². The van der Waals surface area contributed by atoms with Gasteiger partial charge in [0, 0.05) is 30.1 Å². The van der Waals surface area contributed by atoms with Gasteiger partial charge >= 0.3 is 0 Å². The van der Waals surface area contributed by atoms with Crippen LogP contribution in [0.2, 0.25) is 0 Å². The van der Waals surface area contributed by atoms with E-state index < -0.39 is 9.84 Å². The molecule has 4 nitrogen and oxygen atoms in total. The second kappa shape index (κ2) is 6.33. The lowest BCUT2D eigenvalue weighted by Crippen LogP contribution is -2.28. The molecule has 0 aliphatic carbocycles. The number of pyridine rings is 1. The summed E-state index contributed by atoms with van der Waals surface area (Å²) in [5.41, 5.74) is 0.946. The first kappa shape index (κ1) is 14.9. The number of fused-ring (bicyclic) bond motifs is 1. The van der Waals surface area contributed by atoms with Gasteiger partial charge in [0.15, 0.2) is 0 Å². The minimum absolute atomic E-state index is 0.0860. The summed E-state index contributed by atoms with van der Waals surface area (Å²) in [6.45, 7) is 2.84. The van der Waals surface area contributed by atoms with Gasteiger partial charge in [-0.2, -0.15) is 0 Å². The first-order valence-corrected chi connectivity index (χ1v) is 8.81. The SMILES string of the molecule is CCCNC(CS(C)(=O)=O)c1cncc2ccccc12. The predicted molar refractivity (Wildman–Crippen MR) is 82.5 cm³/mol. The molecular formula is C15H20N2O2S. The van der Waals surface area contributed by atoms with Gasteiger partial charge in [-0.3, -0.25) is 4.98 Å². The first-order chi connectivity index (χ1) is 9.51. The van der Waals surface area contributed by atoms with Gasteiger partial charge in [-0.15, -0.1) is 0 Å². The van der Waals surface area contributed by atoms with Crippen LogP contribution >= 0.6 is 0 Å². The van der Waals surface area contributed by atoms with Gasteiger partial charge in [0.2, 0.25) is 0 Å². The molecule has 0 bridgehead atoms. The van der Waals surface area contributed by atoms with Crippen molar-refractivity contribution >= 4 is 20.6 Å². The van der Waals surface area contributed by atoms with Crippen molar-refractivity contribution in [2.45, 2.75) is 19.4 Å². The Hall–Kier alpha value is -1.46. The minimum Gasteiger partial charge on any atom is -0.309 e. The van der Waals surface area contributed by atoms with Crippen molar-refractivity contribution in [3.63, 3.8) is 0 Å². The molecule has 1 atom stereocenters. The summed E-state index contributed by atoms with van der Waals surface area (Å²) in [7, 11) is -3.06. The Morgan fingerprint density at radius 2 is 2.00 bits per heavy atom. The predicted octanol–water partition coefficient (Wildman–Crippen LogP) is 2.32. The van der Waals surface area contributed by atoms with Crippen LogP contribution in [0.1, 0.15) is 24.9 Å². The van der Waals surface area contributed by atoms with E-state index in [4.69, 9.17) is 0 Å². The third kappa shape index (κ3) is 3.77. The van der Waals surface area contributed by atoms with Crippen LogP contribution in [0.5, 0.6) is 0 Å². The molecule has 2 rings (SSSR count). The van der Waals surface area contributed by atoms with E-state index in [2.05, 4.69) is 17.2 Å². The highest BCUT2D eigenvalue weighted by Crippen LogP contribution is 2.24. The lowest BCUT2D eigenvalue weighted by atomic mass is 10.0. The van der Waals surface area contributed by atoms with Crippen molar-refractivity contribution in [2.75, 3.05) is 18.6 Å². The largest absolute Gasteiger partial charge is 0.309 e. The Morgan fingerprint density at radius 3 is 2.70 bits per heavy atom. The van der Waals surface area contributed by atoms with E-state index in [1.807, 2.05) is 24.3 Å². The Morgan fingerprint density at radius 1 is 1.25 bits per heavy atom. The van der Waals surface area contributed by atoms with Gasteiger partial charge in [0.1, 0.15) is 9.84 Å². The molecule has 0 saturated heterocycles. The van der Waals surface area contributed by atoms with Crippen LogP contribution in [0.15, 0.2) is 36.7 Å². The summed E-state index contributed by atoms with van der Waals surface area (Å²) in [5.74, 6) is 0.0860. The average Bonchev–Trinajstić information content (AvgIpc) is 2.41. The van der Waals surface area contributed by atoms with Gasteiger partial charge in [-0.1, -0.05) is 31.2 Å². The van der Waals surface area contributed by atoms with Crippen LogP contribution in [-0.4, -0.2) is 32.0 Å². The van der Waals surface area contributed by atoms with E-state index in [-0.39, 0.29) is 11.8 Å². The zero-order valence-corrected chi connectivity index (χ0v) is 12.7. The number of hydrogen-bond donors (Lipinski definition) is 1. The highest BCUT2D eigenvalue weighted by molar-refractivity contribution is 7.90. The van der Waals surface area contributed by atoms with Crippen molar-refractivity contribution in [3.05, 3.63) is 42.2 Å². The average molecular weight is 292 g/mol. The number of hydrogen-bond acceptors (Lipinski definition) is 4. The number of rotatable bonds is 6. The molecule has 0 amide bonds. The Balaban J connectivity index is 2.44. The lowest BCUT2D eigenvalue weighted by molar-refractivity contribution is 0.550. The normalized spacial score (nSPS) is 13.5. The molecule has 0 radical (unpaired) electrons. The van der Waals surface area contributed by atoms with Crippen LogP contribution < -0.4 is 5.32 Å². The molecule has 1 aromatic heterocycles. The summed E-state index contributed by atoms with van der Waals surface area (Å²) >= 11 is 0. The zero-order valence-electron chi connectivity index (χ0n) is 11.8. The smallest absolute Gasteiger partial charge is 0.149 e. The van der Waals surface area contributed by atoms with E-state index in [1.165, 1.54) is 6.26 Å². The second-order valence-electron chi connectivity index (χ2n) is 5.05. The van der Waals surface area contributed by atoms with Crippen molar-refractivity contribution in [1.82, 2.24) is 10.3 Å². The van der Waals surface area contributed by atoms with Crippen LogP contribution in [0.3, 0.4) is 0 Å². The number of sulfone groups is 1. The fourth-order valence-corrected chi connectivity index (χ4v) is 3.20. The summed E-state index contributed by atoms with van der Waals surface area (Å²) < 4.78 is 23.3. The molecule has 5 heteroatoms. The highest BCUT2D eigenvalue weighted by atomic mass is 32.2. The molecule has 20 heavy (non-hydrogen) atoms. The summed E-state index contributed by atoms with van der Waals surface area (Å²) in [6, 6.07) is 7.70. The number of aromatic nitrogens is 1. The van der Waals surface area contributed by atoms with Gasteiger partial charge in [0.05, 0.1) is 5.75 Å². The monoisotopic (exact) mass is 292 g/mol. The molecule has 1 aromatic carbocycles. The Labute approximate surface area is 120 Å². The number of benzene rings is 1. The van der Waals surface area contributed by atoms with E-state index in [0.717, 1.165) is 29.3 Å². The van der Waals surface area contributed by atoms with Crippen molar-refractivity contribution < 1.29 is 8.42 Å².